The lowest BCUT2D eigenvalue weighted by Gasteiger charge is -2.06. The molecule has 2 N–H and O–H groups in total. The third-order valence-corrected chi connectivity index (χ3v) is 2.99. The molecule has 2 rings (SSSR count). The summed E-state index contributed by atoms with van der Waals surface area (Å²) in [5.74, 6) is -1.67. The Labute approximate surface area is 123 Å². The minimum atomic E-state index is -1.08. The predicted octanol–water partition coefficient (Wildman–Crippen LogP) is 0.903. The van der Waals surface area contributed by atoms with Crippen molar-refractivity contribution in [1.82, 2.24) is 9.13 Å². The van der Waals surface area contributed by atoms with Crippen LogP contribution in [0.1, 0.15) is 10.4 Å². The number of aromatic hydroxyl groups is 1. The van der Waals surface area contributed by atoms with Crippen LogP contribution in [0.5, 0.6) is 5.88 Å². The lowest BCUT2D eigenvalue weighted by Crippen LogP contribution is -2.36. The predicted molar refractivity (Wildman–Crippen MR) is 76.2 cm³/mol. The van der Waals surface area contributed by atoms with Gasteiger partial charge in [-0.25, -0.2) is 9.59 Å². The Bertz CT molecular complexity index is 877. The van der Waals surface area contributed by atoms with Gasteiger partial charge >= 0.3 is 11.7 Å². The summed E-state index contributed by atoms with van der Waals surface area (Å²) in [5.41, 5.74) is -1.48. The van der Waals surface area contributed by atoms with Crippen molar-refractivity contribution in [3.63, 3.8) is 0 Å². The summed E-state index contributed by atoms with van der Waals surface area (Å²) in [6.45, 7) is 0. The van der Waals surface area contributed by atoms with Crippen LogP contribution in [0, 0.1) is 0 Å². The van der Waals surface area contributed by atoms with Gasteiger partial charge < -0.3 is 10.2 Å². The molecule has 0 bridgehead atoms. The zero-order valence-electron chi connectivity index (χ0n) is 11.7. The lowest BCUT2D eigenvalue weighted by molar-refractivity contribution is 0.0697. The molecule has 0 unspecified atom stereocenters. The fraction of sp³-hybridized carbons (Fsp3) is 0.154. The maximum atomic E-state index is 11.9. The smallest absolute Gasteiger partial charge is 0.335 e. The van der Waals surface area contributed by atoms with Crippen LogP contribution in [-0.2, 0) is 14.1 Å². The molecule has 1 heterocycles. The summed E-state index contributed by atoms with van der Waals surface area (Å²) in [6.07, 6.45) is 0. The Balaban J connectivity index is 2.45. The number of rotatable bonds is 3. The Morgan fingerprint density at radius 3 is 2.18 bits per heavy atom. The normalized spacial score (nSPS) is 11.0. The van der Waals surface area contributed by atoms with E-state index >= 15 is 0 Å². The molecule has 1 aromatic heterocycles. The minimum Gasteiger partial charge on any atom is -0.493 e. The SMILES string of the molecule is Cn1c(O)c(N=Nc2ccc(C(=O)O)cc2)c(=O)n(C)c1=O. The van der Waals surface area contributed by atoms with Gasteiger partial charge in [0.05, 0.1) is 11.3 Å². The highest BCUT2D eigenvalue weighted by Crippen LogP contribution is 2.22. The highest BCUT2D eigenvalue weighted by atomic mass is 16.4. The molecule has 0 aliphatic carbocycles. The van der Waals surface area contributed by atoms with E-state index in [1.807, 2.05) is 0 Å². The highest BCUT2D eigenvalue weighted by molar-refractivity contribution is 5.87. The second kappa shape index (κ2) is 5.64. The van der Waals surface area contributed by atoms with E-state index in [0.29, 0.717) is 5.69 Å². The van der Waals surface area contributed by atoms with Crippen LogP contribution in [0.3, 0.4) is 0 Å². The minimum absolute atomic E-state index is 0.0832. The van der Waals surface area contributed by atoms with Gasteiger partial charge in [0, 0.05) is 14.1 Å². The van der Waals surface area contributed by atoms with Gasteiger partial charge in [-0.1, -0.05) is 0 Å². The average Bonchev–Trinajstić information content (AvgIpc) is 2.51. The lowest BCUT2D eigenvalue weighted by atomic mass is 10.2. The molecule has 22 heavy (non-hydrogen) atoms. The largest absolute Gasteiger partial charge is 0.493 e. The van der Waals surface area contributed by atoms with Crippen molar-refractivity contribution in [3.8, 4) is 5.88 Å². The maximum Gasteiger partial charge on any atom is 0.335 e. The molecule has 9 nitrogen and oxygen atoms in total. The first-order valence-corrected chi connectivity index (χ1v) is 6.07. The summed E-state index contributed by atoms with van der Waals surface area (Å²) in [6, 6.07) is 5.46. The van der Waals surface area contributed by atoms with Crippen LogP contribution in [0.15, 0.2) is 44.1 Å². The van der Waals surface area contributed by atoms with E-state index in [1.54, 1.807) is 0 Å². The number of carboxylic acids is 1. The molecule has 1 aromatic carbocycles. The van der Waals surface area contributed by atoms with Crippen LogP contribution in [-0.4, -0.2) is 25.3 Å². The van der Waals surface area contributed by atoms with Gasteiger partial charge in [0.25, 0.3) is 5.56 Å². The fourth-order valence-electron chi connectivity index (χ4n) is 1.68. The molecule has 0 spiro atoms. The van der Waals surface area contributed by atoms with Crippen molar-refractivity contribution in [2.45, 2.75) is 0 Å². The molecule has 0 aliphatic rings. The molecular weight excluding hydrogens is 292 g/mol. The topological polar surface area (TPSA) is 126 Å². The van der Waals surface area contributed by atoms with Gasteiger partial charge in [-0.3, -0.25) is 13.9 Å². The number of aromatic carboxylic acids is 1. The molecule has 114 valence electrons. The first-order valence-electron chi connectivity index (χ1n) is 6.07. The van der Waals surface area contributed by atoms with Gasteiger partial charge in [-0.05, 0) is 24.3 Å². The second-order valence-electron chi connectivity index (χ2n) is 4.43. The molecule has 0 atom stereocenters. The standard InChI is InChI=1S/C13H12N4O5/c1-16-10(18)9(11(19)17(2)13(16)22)15-14-8-5-3-7(4-6-8)12(20)21/h3-6,18H,1-2H3,(H,20,21). The molecule has 0 saturated carbocycles. The number of aromatic nitrogens is 2. The molecule has 9 heteroatoms. The van der Waals surface area contributed by atoms with Crippen LogP contribution in [0.25, 0.3) is 0 Å². The molecular formula is C13H12N4O5. The summed E-state index contributed by atoms with van der Waals surface area (Å²) >= 11 is 0. The van der Waals surface area contributed by atoms with Crippen LogP contribution < -0.4 is 11.2 Å². The van der Waals surface area contributed by atoms with Crippen molar-refractivity contribution < 1.29 is 15.0 Å². The number of hydrogen-bond acceptors (Lipinski definition) is 6. The molecule has 0 amide bonds. The van der Waals surface area contributed by atoms with E-state index in [0.717, 1.165) is 9.13 Å². The van der Waals surface area contributed by atoms with E-state index < -0.39 is 23.1 Å². The third kappa shape index (κ3) is 2.64. The van der Waals surface area contributed by atoms with Crippen molar-refractivity contribution in [3.05, 3.63) is 50.7 Å². The zero-order chi connectivity index (χ0) is 16.4. The van der Waals surface area contributed by atoms with E-state index in [1.165, 1.54) is 38.4 Å². The van der Waals surface area contributed by atoms with Gasteiger partial charge in [0.15, 0.2) is 0 Å². The number of carbonyl (C=O) groups is 1. The fourth-order valence-corrected chi connectivity index (χ4v) is 1.68. The van der Waals surface area contributed by atoms with Crippen molar-refractivity contribution >= 4 is 17.3 Å². The Kier molecular flexibility index (Phi) is 3.89. The third-order valence-electron chi connectivity index (χ3n) is 2.99. The summed E-state index contributed by atoms with van der Waals surface area (Å²) in [4.78, 5) is 34.2. The van der Waals surface area contributed by atoms with Gasteiger partial charge in [-0.2, -0.15) is 5.11 Å². The van der Waals surface area contributed by atoms with Gasteiger partial charge in [0.2, 0.25) is 11.6 Å². The number of azo groups is 1. The van der Waals surface area contributed by atoms with Crippen LogP contribution in [0.4, 0.5) is 11.4 Å². The molecule has 2 aromatic rings. The zero-order valence-corrected chi connectivity index (χ0v) is 11.7. The number of carboxylic acid groups (broad SMARTS) is 1. The van der Waals surface area contributed by atoms with Crippen molar-refractivity contribution in [2.75, 3.05) is 0 Å². The molecule has 0 aliphatic heterocycles. The molecule has 0 radical (unpaired) electrons. The molecule has 0 fully saturated rings. The Hall–Kier alpha value is -3.23. The van der Waals surface area contributed by atoms with Crippen LogP contribution in [0.2, 0.25) is 0 Å². The summed E-state index contributed by atoms with van der Waals surface area (Å²) in [7, 11) is 2.54. The van der Waals surface area contributed by atoms with E-state index in [9.17, 15) is 19.5 Å². The van der Waals surface area contributed by atoms with Crippen LogP contribution >= 0.6 is 0 Å². The van der Waals surface area contributed by atoms with Crippen molar-refractivity contribution in [2.24, 2.45) is 24.3 Å². The summed E-state index contributed by atoms with van der Waals surface area (Å²) < 4.78 is 1.66. The quantitative estimate of drug-likeness (QED) is 0.815. The molecule has 0 saturated heterocycles. The first-order chi connectivity index (χ1) is 10.3. The number of benzene rings is 1. The van der Waals surface area contributed by atoms with Crippen molar-refractivity contribution in [1.29, 1.82) is 0 Å². The van der Waals surface area contributed by atoms with Gasteiger partial charge in [0.1, 0.15) is 0 Å². The monoisotopic (exact) mass is 304 g/mol. The van der Waals surface area contributed by atoms with E-state index in [-0.39, 0.29) is 11.3 Å². The maximum absolute atomic E-state index is 11.9. The number of hydrogen-bond donors (Lipinski definition) is 2. The Morgan fingerprint density at radius 2 is 1.64 bits per heavy atom. The summed E-state index contributed by atoms with van der Waals surface area (Å²) in [5, 5.41) is 26.0. The first kappa shape index (κ1) is 15.2. The number of nitrogens with zero attached hydrogens (tertiary/aromatic N) is 4. The average molecular weight is 304 g/mol. The Morgan fingerprint density at radius 1 is 1.05 bits per heavy atom. The van der Waals surface area contributed by atoms with E-state index in [4.69, 9.17) is 5.11 Å². The highest BCUT2D eigenvalue weighted by Gasteiger charge is 2.14. The second-order valence-corrected chi connectivity index (χ2v) is 4.43. The van der Waals surface area contributed by atoms with Gasteiger partial charge in [-0.15, -0.1) is 5.11 Å². The van der Waals surface area contributed by atoms with E-state index in [2.05, 4.69) is 10.2 Å².